The molecule has 1 fully saturated rings. The zero-order valence-electron chi connectivity index (χ0n) is 12.6. The van der Waals surface area contributed by atoms with Gasteiger partial charge in [0.05, 0.1) is 18.6 Å². The van der Waals surface area contributed by atoms with Gasteiger partial charge in [0.2, 0.25) is 5.91 Å². The third-order valence-electron chi connectivity index (χ3n) is 4.07. The standard InChI is InChI=1S/C18H17N3O2/c22-18-17(23-8-7-19-18)10-15-11-21(12-20-15)16-6-5-13-3-1-2-4-14(13)9-16/h1-6,9,11-12,17H,7-8,10H2,(H,19,22). The lowest BCUT2D eigenvalue weighted by molar-refractivity contribution is -0.137. The molecule has 1 amide bonds. The van der Waals surface area contributed by atoms with Crippen LogP contribution in [0.3, 0.4) is 0 Å². The monoisotopic (exact) mass is 307 g/mol. The maximum atomic E-state index is 11.8. The highest BCUT2D eigenvalue weighted by Crippen LogP contribution is 2.19. The van der Waals surface area contributed by atoms with Crippen LogP contribution in [0, 0.1) is 0 Å². The molecule has 1 unspecified atom stereocenters. The number of hydrogen-bond acceptors (Lipinski definition) is 3. The van der Waals surface area contributed by atoms with E-state index >= 15 is 0 Å². The van der Waals surface area contributed by atoms with Gasteiger partial charge in [-0.1, -0.05) is 30.3 Å². The van der Waals surface area contributed by atoms with E-state index in [0.717, 1.165) is 11.4 Å². The van der Waals surface area contributed by atoms with Crippen LogP contribution in [0.15, 0.2) is 55.0 Å². The van der Waals surface area contributed by atoms with Crippen molar-refractivity contribution in [1.29, 1.82) is 0 Å². The molecule has 0 aliphatic carbocycles. The van der Waals surface area contributed by atoms with Gasteiger partial charge in [-0.3, -0.25) is 4.79 Å². The van der Waals surface area contributed by atoms with Gasteiger partial charge in [0.1, 0.15) is 6.10 Å². The van der Waals surface area contributed by atoms with Crippen molar-refractivity contribution in [3.05, 3.63) is 60.7 Å². The zero-order valence-corrected chi connectivity index (χ0v) is 12.6. The van der Waals surface area contributed by atoms with E-state index < -0.39 is 6.10 Å². The van der Waals surface area contributed by atoms with E-state index in [1.54, 1.807) is 6.33 Å². The van der Waals surface area contributed by atoms with Gasteiger partial charge in [-0.25, -0.2) is 4.98 Å². The fraction of sp³-hybridized carbons (Fsp3) is 0.222. The number of nitrogens with zero attached hydrogens (tertiary/aromatic N) is 2. The molecule has 2 heterocycles. The number of benzene rings is 2. The number of carbonyl (C=O) groups is 1. The Kier molecular flexibility index (Phi) is 3.55. The Bertz CT molecular complexity index is 856. The highest BCUT2D eigenvalue weighted by Gasteiger charge is 2.23. The van der Waals surface area contributed by atoms with Crippen LogP contribution in [-0.4, -0.2) is 34.7 Å². The molecule has 0 saturated carbocycles. The summed E-state index contributed by atoms with van der Waals surface area (Å²) in [5.74, 6) is -0.0588. The van der Waals surface area contributed by atoms with Gasteiger partial charge in [0.25, 0.3) is 0 Å². The second-order valence-corrected chi connectivity index (χ2v) is 5.66. The number of carbonyl (C=O) groups excluding carboxylic acids is 1. The summed E-state index contributed by atoms with van der Waals surface area (Å²) in [4.78, 5) is 16.2. The van der Waals surface area contributed by atoms with Gasteiger partial charge in [-0.2, -0.15) is 0 Å². The van der Waals surface area contributed by atoms with Crippen molar-refractivity contribution in [3.63, 3.8) is 0 Å². The Balaban J connectivity index is 1.57. The van der Waals surface area contributed by atoms with Crippen LogP contribution < -0.4 is 5.32 Å². The second-order valence-electron chi connectivity index (χ2n) is 5.66. The quantitative estimate of drug-likeness (QED) is 0.806. The van der Waals surface area contributed by atoms with Crippen LogP contribution in [-0.2, 0) is 16.0 Å². The highest BCUT2D eigenvalue weighted by atomic mass is 16.5. The number of fused-ring (bicyclic) bond motifs is 1. The van der Waals surface area contributed by atoms with Crippen molar-refractivity contribution < 1.29 is 9.53 Å². The van der Waals surface area contributed by atoms with Crippen molar-refractivity contribution in [2.24, 2.45) is 0 Å². The molecule has 5 heteroatoms. The molecule has 0 bridgehead atoms. The first-order valence-electron chi connectivity index (χ1n) is 7.71. The molecular formula is C18H17N3O2. The lowest BCUT2D eigenvalue weighted by Crippen LogP contribution is -2.45. The number of hydrogen-bond donors (Lipinski definition) is 1. The normalized spacial score (nSPS) is 18.1. The number of aromatic nitrogens is 2. The van der Waals surface area contributed by atoms with Crippen molar-refractivity contribution in [3.8, 4) is 5.69 Å². The highest BCUT2D eigenvalue weighted by molar-refractivity contribution is 5.84. The minimum Gasteiger partial charge on any atom is -0.366 e. The van der Waals surface area contributed by atoms with E-state index in [9.17, 15) is 4.79 Å². The maximum absolute atomic E-state index is 11.8. The van der Waals surface area contributed by atoms with Gasteiger partial charge < -0.3 is 14.6 Å². The molecule has 5 nitrogen and oxygen atoms in total. The molecule has 1 saturated heterocycles. The van der Waals surface area contributed by atoms with Crippen molar-refractivity contribution >= 4 is 16.7 Å². The molecular weight excluding hydrogens is 290 g/mol. The number of nitrogens with one attached hydrogen (secondary N) is 1. The molecule has 23 heavy (non-hydrogen) atoms. The fourth-order valence-corrected chi connectivity index (χ4v) is 2.85. The second kappa shape index (κ2) is 5.85. The smallest absolute Gasteiger partial charge is 0.249 e. The Morgan fingerprint density at radius 1 is 1.22 bits per heavy atom. The molecule has 116 valence electrons. The van der Waals surface area contributed by atoms with Crippen LogP contribution >= 0.6 is 0 Å². The van der Waals surface area contributed by atoms with E-state index in [-0.39, 0.29) is 5.91 Å². The average Bonchev–Trinajstić information content (AvgIpc) is 3.05. The third kappa shape index (κ3) is 2.83. The van der Waals surface area contributed by atoms with Crippen LogP contribution in [0.5, 0.6) is 0 Å². The van der Waals surface area contributed by atoms with Crippen molar-refractivity contribution in [2.45, 2.75) is 12.5 Å². The Labute approximate surface area is 133 Å². The minimum absolute atomic E-state index is 0.0588. The number of amides is 1. The molecule has 1 atom stereocenters. The van der Waals surface area contributed by atoms with Crippen LogP contribution in [0.2, 0.25) is 0 Å². The number of morpholine rings is 1. The lowest BCUT2D eigenvalue weighted by atomic mass is 10.1. The SMILES string of the molecule is O=C1NCCOC1Cc1cn(-c2ccc3ccccc3c2)cn1. The Hall–Kier alpha value is -2.66. The fourth-order valence-electron chi connectivity index (χ4n) is 2.85. The number of rotatable bonds is 3. The molecule has 1 aromatic heterocycles. The summed E-state index contributed by atoms with van der Waals surface area (Å²) in [6.07, 6.45) is 3.78. The predicted molar refractivity (Wildman–Crippen MR) is 87.5 cm³/mol. The molecule has 3 aromatic rings. The molecule has 1 N–H and O–H groups in total. The average molecular weight is 307 g/mol. The van der Waals surface area contributed by atoms with Crippen molar-refractivity contribution in [1.82, 2.24) is 14.9 Å². The van der Waals surface area contributed by atoms with E-state index in [2.05, 4.69) is 40.6 Å². The first-order chi connectivity index (χ1) is 11.3. The zero-order chi connectivity index (χ0) is 15.6. The summed E-state index contributed by atoms with van der Waals surface area (Å²) in [5, 5.41) is 5.21. The Morgan fingerprint density at radius 3 is 2.96 bits per heavy atom. The van der Waals surface area contributed by atoms with Gasteiger partial charge in [-0.15, -0.1) is 0 Å². The summed E-state index contributed by atoms with van der Waals surface area (Å²) in [6.45, 7) is 1.14. The molecule has 1 aliphatic rings. The number of imidazole rings is 1. The summed E-state index contributed by atoms with van der Waals surface area (Å²) in [5.41, 5.74) is 1.90. The molecule has 4 rings (SSSR count). The summed E-state index contributed by atoms with van der Waals surface area (Å²) >= 11 is 0. The Morgan fingerprint density at radius 2 is 2.09 bits per heavy atom. The lowest BCUT2D eigenvalue weighted by Gasteiger charge is -2.21. The van der Waals surface area contributed by atoms with Crippen LogP contribution in [0.1, 0.15) is 5.69 Å². The van der Waals surface area contributed by atoms with Gasteiger partial charge in [-0.05, 0) is 22.9 Å². The molecule has 1 aliphatic heterocycles. The van der Waals surface area contributed by atoms with Gasteiger partial charge in [0.15, 0.2) is 0 Å². The third-order valence-corrected chi connectivity index (χ3v) is 4.07. The van der Waals surface area contributed by atoms with E-state index in [0.29, 0.717) is 19.6 Å². The molecule has 2 aromatic carbocycles. The predicted octanol–water partition coefficient (Wildman–Crippen LogP) is 2.08. The summed E-state index contributed by atoms with van der Waals surface area (Å²) in [7, 11) is 0. The minimum atomic E-state index is -0.441. The topological polar surface area (TPSA) is 56.1 Å². The summed E-state index contributed by atoms with van der Waals surface area (Å²) < 4.78 is 7.48. The first-order valence-corrected chi connectivity index (χ1v) is 7.71. The largest absolute Gasteiger partial charge is 0.366 e. The maximum Gasteiger partial charge on any atom is 0.249 e. The van der Waals surface area contributed by atoms with Crippen LogP contribution in [0.4, 0.5) is 0 Å². The van der Waals surface area contributed by atoms with Gasteiger partial charge in [0, 0.05) is 24.8 Å². The number of ether oxygens (including phenoxy) is 1. The van der Waals surface area contributed by atoms with E-state index in [4.69, 9.17) is 4.74 Å². The first kappa shape index (κ1) is 14.0. The molecule has 0 radical (unpaired) electrons. The van der Waals surface area contributed by atoms with E-state index in [1.165, 1.54) is 10.8 Å². The summed E-state index contributed by atoms with van der Waals surface area (Å²) in [6, 6.07) is 14.6. The van der Waals surface area contributed by atoms with Gasteiger partial charge >= 0.3 is 0 Å². The van der Waals surface area contributed by atoms with E-state index in [1.807, 2.05) is 22.9 Å². The molecule has 0 spiro atoms. The van der Waals surface area contributed by atoms with Crippen LogP contribution in [0.25, 0.3) is 16.5 Å². The van der Waals surface area contributed by atoms with Crippen molar-refractivity contribution in [2.75, 3.05) is 13.2 Å².